The van der Waals surface area contributed by atoms with Gasteiger partial charge in [-0.15, -0.1) is 6.58 Å². The lowest BCUT2D eigenvalue weighted by Crippen LogP contribution is -2.62. The maximum absolute atomic E-state index is 5.72. The summed E-state index contributed by atoms with van der Waals surface area (Å²) in [6.07, 6.45) is 4.34. The maximum Gasteiger partial charge on any atom is 0.0611 e. The van der Waals surface area contributed by atoms with Gasteiger partial charge in [-0.3, -0.25) is 0 Å². The van der Waals surface area contributed by atoms with E-state index in [0.29, 0.717) is 12.6 Å². The van der Waals surface area contributed by atoms with Crippen molar-refractivity contribution in [3.05, 3.63) is 12.7 Å². The molecular formula is C10H20N2O. The van der Waals surface area contributed by atoms with E-state index >= 15 is 0 Å². The monoisotopic (exact) mass is 184 g/mol. The molecule has 3 N–H and O–H groups in total. The molecule has 1 aliphatic carbocycles. The SMILES string of the molecule is C=CCNC1(CN)CC(OCC)C1. The zero-order chi connectivity index (χ0) is 9.73. The van der Waals surface area contributed by atoms with E-state index in [1.54, 1.807) is 0 Å². The normalized spacial score (nSPS) is 32.6. The summed E-state index contributed by atoms with van der Waals surface area (Å²) < 4.78 is 5.49. The number of ether oxygens (including phenoxy) is 1. The molecule has 3 nitrogen and oxygen atoms in total. The predicted octanol–water partition coefficient (Wildman–Crippen LogP) is 0.658. The number of hydrogen-bond acceptors (Lipinski definition) is 3. The Bertz CT molecular complexity index is 164. The van der Waals surface area contributed by atoms with Crippen LogP contribution in [-0.4, -0.2) is 31.3 Å². The number of hydrogen-bond donors (Lipinski definition) is 2. The largest absolute Gasteiger partial charge is 0.378 e. The van der Waals surface area contributed by atoms with E-state index in [0.717, 1.165) is 26.0 Å². The highest BCUT2D eigenvalue weighted by Crippen LogP contribution is 2.33. The molecule has 13 heavy (non-hydrogen) atoms. The van der Waals surface area contributed by atoms with Crippen molar-refractivity contribution in [1.29, 1.82) is 0 Å². The molecule has 0 aliphatic heterocycles. The number of rotatable bonds is 6. The van der Waals surface area contributed by atoms with Crippen molar-refractivity contribution in [3.8, 4) is 0 Å². The lowest BCUT2D eigenvalue weighted by atomic mass is 9.74. The average molecular weight is 184 g/mol. The van der Waals surface area contributed by atoms with E-state index in [9.17, 15) is 0 Å². The second-order valence-electron chi connectivity index (χ2n) is 3.64. The first-order chi connectivity index (χ1) is 6.26. The van der Waals surface area contributed by atoms with Gasteiger partial charge in [0.05, 0.1) is 6.10 Å². The molecule has 1 saturated carbocycles. The second kappa shape index (κ2) is 4.74. The van der Waals surface area contributed by atoms with Crippen LogP contribution in [-0.2, 0) is 4.74 Å². The van der Waals surface area contributed by atoms with Gasteiger partial charge in [-0.25, -0.2) is 0 Å². The van der Waals surface area contributed by atoms with Crippen molar-refractivity contribution in [3.63, 3.8) is 0 Å². The minimum atomic E-state index is 0.119. The molecule has 1 aliphatic rings. The van der Waals surface area contributed by atoms with Gasteiger partial charge in [0.2, 0.25) is 0 Å². The van der Waals surface area contributed by atoms with Crippen LogP contribution in [0.15, 0.2) is 12.7 Å². The summed E-state index contributed by atoms with van der Waals surface area (Å²) in [7, 11) is 0. The Morgan fingerprint density at radius 1 is 1.69 bits per heavy atom. The van der Waals surface area contributed by atoms with Crippen molar-refractivity contribution >= 4 is 0 Å². The molecule has 0 aromatic rings. The lowest BCUT2D eigenvalue weighted by Gasteiger charge is -2.47. The quantitative estimate of drug-likeness (QED) is 0.596. The van der Waals surface area contributed by atoms with E-state index in [1.165, 1.54) is 0 Å². The summed E-state index contributed by atoms with van der Waals surface area (Å²) in [6, 6.07) is 0. The summed E-state index contributed by atoms with van der Waals surface area (Å²) in [5, 5.41) is 3.40. The Kier molecular flexibility index (Phi) is 3.90. The van der Waals surface area contributed by atoms with Crippen LogP contribution in [0.5, 0.6) is 0 Å². The van der Waals surface area contributed by atoms with E-state index in [2.05, 4.69) is 11.9 Å². The third kappa shape index (κ3) is 2.53. The Hall–Kier alpha value is -0.380. The molecule has 0 radical (unpaired) electrons. The summed E-state index contributed by atoms with van der Waals surface area (Å²) >= 11 is 0. The Morgan fingerprint density at radius 3 is 2.85 bits per heavy atom. The highest BCUT2D eigenvalue weighted by atomic mass is 16.5. The maximum atomic E-state index is 5.72. The van der Waals surface area contributed by atoms with Gasteiger partial charge in [-0.1, -0.05) is 6.08 Å². The first kappa shape index (κ1) is 10.7. The number of nitrogens with one attached hydrogen (secondary N) is 1. The molecule has 0 heterocycles. The minimum Gasteiger partial charge on any atom is -0.378 e. The first-order valence-corrected chi connectivity index (χ1v) is 4.94. The molecule has 0 aromatic heterocycles. The van der Waals surface area contributed by atoms with Crippen molar-refractivity contribution in [2.24, 2.45) is 5.73 Å². The molecule has 1 fully saturated rings. The molecule has 0 bridgehead atoms. The lowest BCUT2D eigenvalue weighted by molar-refractivity contribution is -0.0463. The average Bonchev–Trinajstić information content (AvgIpc) is 2.09. The molecule has 3 heteroatoms. The van der Waals surface area contributed by atoms with Gasteiger partial charge in [0, 0.05) is 25.2 Å². The smallest absolute Gasteiger partial charge is 0.0611 e. The third-order valence-corrected chi connectivity index (χ3v) is 2.65. The summed E-state index contributed by atoms with van der Waals surface area (Å²) in [4.78, 5) is 0. The molecule has 0 amide bonds. The van der Waals surface area contributed by atoms with Crippen LogP contribution >= 0.6 is 0 Å². The van der Waals surface area contributed by atoms with Crippen LogP contribution in [0.4, 0.5) is 0 Å². The van der Waals surface area contributed by atoms with Crippen LogP contribution in [0.25, 0.3) is 0 Å². The molecule has 0 saturated heterocycles. The Morgan fingerprint density at radius 2 is 2.38 bits per heavy atom. The van der Waals surface area contributed by atoms with Gasteiger partial charge >= 0.3 is 0 Å². The van der Waals surface area contributed by atoms with Gasteiger partial charge in [-0.2, -0.15) is 0 Å². The molecule has 0 atom stereocenters. The van der Waals surface area contributed by atoms with Crippen molar-refractivity contribution in [2.75, 3.05) is 19.7 Å². The zero-order valence-corrected chi connectivity index (χ0v) is 8.38. The highest BCUT2D eigenvalue weighted by Gasteiger charge is 2.42. The predicted molar refractivity (Wildman–Crippen MR) is 54.6 cm³/mol. The minimum absolute atomic E-state index is 0.119. The summed E-state index contributed by atoms with van der Waals surface area (Å²) in [5.41, 5.74) is 5.83. The van der Waals surface area contributed by atoms with Crippen LogP contribution in [0, 0.1) is 0 Å². The molecule has 0 unspecified atom stereocenters. The summed E-state index contributed by atoms with van der Waals surface area (Å²) in [5.74, 6) is 0. The third-order valence-electron chi connectivity index (χ3n) is 2.65. The van der Waals surface area contributed by atoms with Gasteiger partial charge in [-0.05, 0) is 19.8 Å². The Labute approximate surface area is 80.3 Å². The molecular weight excluding hydrogens is 164 g/mol. The van der Waals surface area contributed by atoms with E-state index < -0.39 is 0 Å². The fourth-order valence-corrected chi connectivity index (χ4v) is 1.84. The van der Waals surface area contributed by atoms with Gasteiger partial charge in [0.15, 0.2) is 0 Å². The standard InChI is InChI=1S/C10H20N2O/c1-3-5-12-10(8-11)6-9(7-10)13-4-2/h3,9,12H,1,4-8,11H2,2H3. The van der Waals surface area contributed by atoms with Crippen molar-refractivity contribution in [2.45, 2.75) is 31.4 Å². The zero-order valence-electron chi connectivity index (χ0n) is 8.38. The molecule has 76 valence electrons. The van der Waals surface area contributed by atoms with E-state index in [1.807, 2.05) is 13.0 Å². The second-order valence-corrected chi connectivity index (χ2v) is 3.64. The van der Waals surface area contributed by atoms with Gasteiger partial charge < -0.3 is 15.8 Å². The topological polar surface area (TPSA) is 47.3 Å². The fourth-order valence-electron chi connectivity index (χ4n) is 1.84. The van der Waals surface area contributed by atoms with Crippen molar-refractivity contribution < 1.29 is 4.74 Å². The molecule has 0 aromatic carbocycles. The highest BCUT2D eigenvalue weighted by molar-refractivity contribution is 5.03. The number of nitrogens with two attached hydrogens (primary N) is 1. The van der Waals surface area contributed by atoms with E-state index in [-0.39, 0.29) is 5.54 Å². The first-order valence-electron chi connectivity index (χ1n) is 4.94. The Balaban J connectivity index is 2.27. The van der Waals surface area contributed by atoms with Crippen LogP contribution in [0.1, 0.15) is 19.8 Å². The van der Waals surface area contributed by atoms with Crippen LogP contribution in [0.2, 0.25) is 0 Å². The van der Waals surface area contributed by atoms with Crippen LogP contribution in [0.3, 0.4) is 0 Å². The molecule has 0 spiro atoms. The molecule has 1 rings (SSSR count). The van der Waals surface area contributed by atoms with Gasteiger partial charge in [0.1, 0.15) is 0 Å². The van der Waals surface area contributed by atoms with Gasteiger partial charge in [0.25, 0.3) is 0 Å². The van der Waals surface area contributed by atoms with Crippen molar-refractivity contribution in [1.82, 2.24) is 5.32 Å². The fraction of sp³-hybridized carbons (Fsp3) is 0.800. The van der Waals surface area contributed by atoms with Crippen LogP contribution < -0.4 is 11.1 Å². The van der Waals surface area contributed by atoms with E-state index in [4.69, 9.17) is 10.5 Å². The summed E-state index contributed by atoms with van der Waals surface area (Å²) in [6.45, 7) is 8.02.